The van der Waals surface area contributed by atoms with E-state index in [-0.39, 0.29) is 12.6 Å². The first kappa shape index (κ1) is 14.0. The summed E-state index contributed by atoms with van der Waals surface area (Å²) in [5.74, 6) is 1.24. The summed E-state index contributed by atoms with van der Waals surface area (Å²) >= 11 is 1.83. The Kier molecular flexibility index (Phi) is 5.15. The van der Waals surface area contributed by atoms with Gasteiger partial charge in [0.2, 0.25) is 0 Å². The molecule has 18 heavy (non-hydrogen) atoms. The van der Waals surface area contributed by atoms with Gasteiger partial charge in [0.05, 0.1) is 11.6 Å². The van der Waals surface area contributed by atoms with Gasteiger partial charge in [-0.25, -0.2) is 4.98 Å². The van der Waals surface area contributed by atoms with E-state index in [0.717, 1.165) is 18.9 Å². The second-order valence-electron chi connectivity index (χ2n) is 5.35. The van der Waals surface area contributed by atoms with E-state index < -0.39 is 0 Å². The van der Waals surface area contributed by atoms with E-state index in [4.69, 9.17) is 0 Å². The van der Waals surface area contributed by atoms with Crippen LogP contribution >= 0.6 is 11.3 Å². The third-order valence-electron chi connectivity index (χ3n) is 4.09. The summed E-state index contributed by atoms with van der Waals surface area (Å²) in [7, 11) is 0. The Morgan fingerprint density at radius 3 is 2.89 bits per heavy atom. The SMILES string of the molecule is CCC(C)C(CO)NCc1cnc(C2CCC2)s1. The molecular weight excluding hydrogens is 244 g/mol. The molecule has 1 aliphatic carbocycles. The van der Waals surface area contributed by atoms with Crippen LogP contribution in [0.25, 0.3) is 0 Å². The molecule has 1 aliphatic rings. The fourth-order valence-corrected chi connectivity index (χ4v) is 3.25. The van der Waals surface area contributed by atoms with E-state index in [2.05, 4.69) is 24.1 Å². The van der Waals surface area contributed by atoms with Crippen molar-refractivity contribution in [3.8, 4) is 0 Å². The lowest BCUT2D eigenvalue weighted by Crippen LogP contribution is -2.37. The molecule has 0 saturated heterocycles. The Morgan fingerprint density at radius 2 is 2.33 bits per heavy atom. The Balaban J connectivity index is 1.83. The van der Waals surface area contributed by atoms with Crippen molar-refractivity contribution < 1.29 is 5.11 Å². The highest BCUT2D eigenvalue weighted by Gasteiger charge is 2.22. The zero-order valence-electron chi connectivity index (χ0n) is 11.4. The van der Waals surface area contributed by atoms with Crippen LogP contribution in [0.5, 0.6) is 0 Å². The third kappa shape index (κ3) is 3.31. The van der Waals surface area contributed by atoms with Gasteiger partial charge in [-0.15, -0.1) is 11.3 Å². The van der Waals surface area contributed by atoms with E-state index >= 15 is 0 Å². The van der Waals surface area contributed by atoms with E-state index in [0.29, 0.717) is 5.92 Å². The molecule has 1 saturated carbocycles. The Morgan fingerprint density at radius 1 is 1.56 bits per heavy atom. The molecule has 0 aromatic carbocycles. The lowest BCUT2D eigenvalue weighted by molar-refractivity contribution is 0.201. The van der Waals surface area contributed by atoms with Gasteiger partial charge < -0.3 is 10.4 Å². The van der Waals surface area contributed by atoms with E-state index in [1.165, 1.54) is 29.1 Å². The Bertz CT molecular complexity index is 362. The molecule has 0 amide bonds. The summed E-state index contributed by atoms with van der Waals surface area (Å²) in [4.78, 5) is 5.81. The first-order valence-electron chi connectivity index (χ1n) is 7.03. The summed E-state index contributed by atoms with van der Waals surface area (Å²) in [6.45, 7) is 5.39. The van der Waals surface area contributed by atoms with Gasteiger partial charge in [0.25, 0.3) is 0 Å². The van der Waals surface area contributed by atoms with E-state index in [9.17, 15) is 5.11 Å². The predicted molar refractivity (Wildman–Crippen MR) is 75.9 cm³/mol. The lowest BCUT2D eigenvalue weighted by Gasteiger charge is -2.23. The number of nitrogens with one attached hydrogen (secondary N) is 1. The van der Waals surface area contributed by atoms with Crippen molar-refractivity contribution in [2.24, 2.45) is 5.92 Å². The monoisotopic (exact) mass is 268 g/mol. The van der Waals surface area contributed by atoms with Crippen molar-refractivity contribution in [2.75, 3.05) is 6.61 Å². The second-order valence-corrected chi connectivity index (χ2v) is 6.49. The number of thiazole rings is 1. The van der Waals surface area contributed by atoms with Crippen LogP contribution in [0.4, 0.5) is 0 Å². The fraction of sp³-hybridized carbons (Fsp3) is 0.786. The van der Waals surface area contributed by atoms with Gasteiger partial charge in [0.1, 0.15) is 0 Å². The molecule has 0 aliphatic heterocycles. The maximum Gasteiger partial charge on any atom is 0.0959 e. The summed E-state index contributed by atoms with van der Waals surface area (Å²) in [5, 5.41) is 14.1. The standard InChI is InChI=1S/C14H24N2OS/c1-3-10(2)13(9-17)15-7-12-8-16-14(18-12)11-5-4-6-11/h8,10-11,13,15,17H,3-7,9H2,1-2H3. The van der Waals surface area contributed by atoms with Gasteiger partial charge in [-0.2, -0.15) is 0 Å². The highest BCUT2D eigenvalue weighted by molar-refractivity contribution is 7.11. The zero-order chi connectivity index (χ0) is 13.0. The minimum atomic E-state index is 0.198. The smallest absolute Gasteiger partial charge is 0.0959 e. The number of aromatic nitrogens is 1. The Hall–Kier alpha value is -0.450. The summed E-state index contributed by atoms with van der Waals surface area (Å²) in [6, 6.07) is 0.198. The minimum absolute atomic E-state index is 0.198. The molecule has 4 heteroatoms. The number of nitrogens with zero attached hydrogens (tertiary/aromatic N) is 1. The summed E-state index contributed by atoms with van der Waals surface area (Å²) < 4.78 is 0. The first-order chi connectivity index (χ1) is 8.74. The maximum absolute atomic E-state index is 9.37. The molecular formula is C14H24N2OS. The van der Waals surface area contributed by atoms with Crippen LogP contribution < -0.4 is 5.32 Å². The van der Waals surface area contributed by atoms with Crippen LogP contribution in [0.2, 0.25) is 0 Å². The molecule has 2 atom stereocenters. The number of aliphatic hydroxyl groups is 1. The first-order valence-corrected chi connectivity index (χ1v) is 7.85. The molecule has 3 nitrogen and oxygen atoms in total. The molecule has 0 bridgehead atoms. The molecule has 0 radical (unpaired) electrons. The van der Waals surface area contributed by atoms with Gasteiger partial charge in [0, 0.05) is 29.6 Å². The van der Waals surface area contributed by atoms with Gasteiger partial charge in [0.15, 0.2) is 0 Å². The second kappa shape index (κ2) is 6.64. The number of hydrogen-bond acceptors (Lipinski definition) is 4. The predicted octanol–water partition coefficient (Wildman–Crippen LogP) is 2.91. The minimum Gasteiger partial charge on any atom is -0.395 e. The van der Waals surface area contributed by atoms with Gasteiger partial charge in [-0.1, -0.05) is 26.7 Å². The van der Waals surface area contributed by atoms with Crippen molar-refractivity contribution in [1.29, 1.82) is 0 Å². The normalized spacial score (nSPS) is 19.5. The number of hydrogen-bond donors (Lipinski definition) is 2. The van der Waals surface area contributed by atoms with Crippen LogP contribution in [0.1, 0.15) is 55.3 Å². The van der Waals surface area contributed by atoms with Gasteiger partial charge >= 0.3 is 0 Å². The number of rotatable bonds is 7. The molecule has 1 heterocycles. The average molecular weight is 268 g/mol. The van der Waals surface area contributed by atoms with Crippen molar-refractivity contribution in [2.45, 2.75) is 58.0 Å². The van der Waals surface area contributed by atoms with Crippen LogP contribution in [0, 0.1) is 5.92 Å². The molecule has 102 valence electrons. The van der Waals surface area contributed by atoms with Crippen molar-refractivity contribution in [3.63, 3.8) is 0 Å². The topological polar surface area (TPSA) is 45.1 Å². The Labute approximate surface area is 114 Å². The van der Waals surface area contributed by atoms with Gasteiger partial charge in [-0.3, -0.25) is 0 Å². The summed E-state index contributed by atoms with van der Waals surface area (Å²) in [6.07, 6.45) is 7.07. The van der Waals surface area contributed by atoms with Crippen LogP contribution in [0.15, 0.2) is 6.20 Å². The van der Waals surface area contributed by atoms with Crippen molar-refractivity contribution in [3.05, 3.63) is 16.1 Å². The highest BCUT2D eigenvalue weighted by Crippen LogP contribution is 2.38. The molecule has 1 aromatic heterocycles. The van der Waals surface area contributed by atoms with Crippen LogP contribution in [-0.4, -0.2) is 22.7 Å². The van der Waals surface area contributed by atoms with Crippen molar-refractivity contribution in [1.82, 2.24) is 10.3 Å². The quantitative estimate of drug-likeness (QED) is 0.799. The molecule has 2 unspecified atom stereocenters. The average Bonchev–Trinajstić information content (AvgIpc) is 2.75. The fourth-order valence-electron chi connectivity index (χ4n) is 2.21. The molecule has 0 spiro atoms. The largest absolute Gasteiger partial charge is 0.395 e. The molecule has 2 N–H and O–H groups in total. The maximum atomic E-state index is 9.37. The van der Waals surface area contributed by atoms with E-state index in [1.807, 2.05) is 17.5 Å². The number of aliphatic hydroxyl groups excluding tert-OH is 1. The lowest BCUT2D eigenvalue weighted by atomic mass is 9.86. The van der Waals surface area contributed by atoms with Gasteiger partial charge in [-0.05, 0) is 18.8 Å². The van der Waals surface area contributed by atoms with Crippen LogP contribution in [0.3, 0.4) is 0 Å². The van der Waals surface area contributed by atoms with Crippen LogP contribution in [-0.2, 0) is 6.54 Å². The summed E-state index contributed by atoms with van der Waals surface area (Å²) in [5.41, 5.74) is 0. The zero-order valence-corrected chi connectivity index (χ0v) is 12.2. The molecule has 2 rings (SSSR count). The molecule has 1 fully saturated rings. The molecule has 1 aromatic rings. The van der Waals surface area contributed by atoms with Crippen molar-refractivity contribution >= 4 is 11.3 Å². The third-order valence-corrected chi connectivity index (χ3v) is 5.25. The van der Waals surface area contributed by atoms with E-state index in [1.54, 1.807) is 0 Å². The highest BCUT2D eigenvalue weighted by atomic mass is 32.1.